The standard InChI is InChI=1S/C18H22N2O2S/c21-17(19-15-9-5-2-6-10-15)11-20-16(12-23-13-18(20)22)14-7-3-1-4-8-14/h1,3-4,7-8,12,15H,2,5-6,9-11,13H2,(H,19,21). The monoisotopic (exact) mass is 330 g/mol. The molecule has 1 N–H and O–H groups in total. The first-order chi connectivity index (χ1) is 11.2. The van der Waals surface area contributed by atoms with Crippen LogP contribution in [-0.2, 0) is 9.59 Å². The molecule has 122 valence electrons. The summed E-state index contributed by atoms with van der Waals surface area (Å²) in [5, 5.41) is 5.07. The fourth-order valence-corrected chi connectivity index (χ4v) is 3.94. The van der Waals surface area contributed by atoms with Gasteiger partial charge in [-0.3, -0.25) is 9.59 Å². The van der Waals surface area contributed by atoms with Crippen molar-refractivity contribution in [1.29, 1.82) is 0 Å². The predicted octanol–water partition coefficient (Wildman–Crippen LogP) is 3.01. The van der Waals surface area contributed by atoms with Crippen LogP contribution in [0.25, 0.3) is 5.70 Å². The van der Waals surface area contributed by atoms with Crippen molar-refractivity contribution in [3.05, 3.63) is 41.3 Å². The molecule has 4 nitrogen and oxygen atoms in total. The predicted molar refractivity (Wildman–Crippen MR) is 93.6 cm³/mol. The zero-order valence-electron chi connectivity index (χ0n) is 13.2. The third-order valence-electron chi connectivity index (χ3n) is 4.34. The Morgan fingerprint density at radius 1 is 1.17 bits per heavy atom. The van der Waals surface area contributed by atoms with Crippen molar-refractivity contribution in [1.82, 2.24) is 10.2 Å². The Balaban J connectivity index is 1.68. The van der Waals surface area contributed by atoms with Crippen LogP contribution in [0.5, 0.6) is 0 Å². The summed E-state index contributed by atoms with van der Waals surface area (Å²) in [5.41, 5.74) is 1.80. The summed E-state index contributed by atoms with van der Waals surface area (Å²) in [7, 11) is 0. The van der Waals surface area contributed by atoms with E-state index in [9.17, 15) is 9.59 Å². The second-order valence-corrected chi connectivity index (χ2v) is 6.92. The molecule has 0 atom stereocenters. The van der Waals surface area contributed by atoms with Crippen molar-refractivity contribution in [2.24, 2.45) is 0 Å². The van der Waals surface area contributed by atoms with Gasteiger partial charge < -0.3 is 10.2 Å². The minimum atomic E-state index is -0.0565. The van der Waals surface area contributed by atoms with E-state index in [1.807, 2.05) is 35.7 Å². The average Bonchev–Trinajstić information content (AvgIpc) is 2.58. The molecule has 0 unspecified atom stereocenters. The fraction of sp³-hybridized carbons (Fsp3) is 0.444. The number of hydrogen-bond donors (Lipinski definition) is 1. The van der Waals surface area contributed by atoms with E-state index < -0.39 is 0 Å². The zero-order valence-corrected chi connectivity index (χ0v) is 14.0. The molecule has 1 aromatic carbocycles. The molecule has 0 saturated heterocycles. The van der Waals surface area contributed by atoms with Crippen LogP contribution in [0.3, 0.4) is 0 Å². The van der Waals surface area contributed by atoms with Crippen molar-refractivity contribution >= 4 is 29.3 Å². The van der Waals surface area contributed by atoms with E-state index in [0.717, 1.165) is 24.1 Å². The van der Waals surface area contributed by atoms with Gasteiger partial charge in [0.05, 0.1) is 11.4 Å². The van der Waals surface area contributed by atoms with Crippen LogP contribution in [-0.4, -0.2) is 35.1 Å². The zero-order chi connectivity index (χ0) is 16.1. The molecule has 0 bridgehead atoms. The molecule has 2 aliphatic rings. The molecule has 23 heavy (non-hydrogen) atoms. The van der Waals surface area contributed by atoms with Gasteiger partial charge in [0, 0.05) is 6.04 Å². The molecule has 1 saturated carbocycles. The van der Waals surface area contributed by atoms with Gasteiger partial charge >= 0.3 is 0 Å². The van der Waals surface area contributed by atoms with E-state index in [4.69, 9.17) is 0 Å². The Labute approximate surface area is 141 Å². The minimum absolute atomic E-state index is 0.00449. The fourth-order valence-electron chi connectivity index (χ4n) is 3.14. The lowest BCUT2D eigenvalue weighted by atomic mass is 9.95. The van der Waals surface area contributed by atoms with E-state index in [2.05, 4.69) is 5.32 Å². The van der Waals surface area contributed by atoms with Crippen LogP contribution in [0.2, 0.25) is 0 Å². The molecule has 1 aromatic rings. The van der Waals surface area contributed by atoms with Gasteiger partial charge in [-0.25, -0.2) is 0 Å². The smallest absolute Gasteiger partial charge is 0.240 e. The molecular weight excluding hydrogens is 308 g/mol. The van der Waals surface area contributed by atoms with Crippen LogP contribution in [0.4, 0.5) is 0 Å². The summed E-state index contributed by atoms with van der Waals surface area (Å²) >= 11 is 1.49. The molecule has 2 amide bonds. The van der Waals surface area contributed by atoms with E-state index >= 15 is 0 Å². The average molecular weight is 330 g/mol. The van der Waals surface area contributed by atoms with Gasteiger partial charge in [0.1, 0.15) is 6.54 Å². The molecule has 0 aromatic heterocycles. The quantitative estimate of drug-likeness (QED) is 0.923. The summed E-state index contributed by atoms with van der Waals surface area (Å²) in [6.07, 6.45) is 5.72. The Kier molecular flexibility index (Phi) is 5.39. The molecule has 0 spiro atoms. The number of amides is 2. The SMILES string of the molecule is O=C(CN1C(=O)CSC=C1c1ccccc1)NC1CCCCC1. The number of benzene rings is 1. The third kappa shape index (κ3) is 4.16. The second-order valence-electron chi connectivity index (χ2n) is 6.06. The highest BCUT2D eigenvalue weighted by Crippen LogP contribution is 2.28. The molecule has 1 heterocycles. The normalized spacial score (nSPS) is 19.4. The largest absolute Gasteiger partial charge is 0.352 e. The molecule has 3 rings (SSSR count). The van der Waals surface area contributed by atoms with Crippen LogP contribution >= 0.6 is 11.8 Å². The van der Waals surface area contributed by atoms with Gasteiger partial charge in [0.15, 0.2) is 0 Å². The highest BCUT2D eigenvalue weighted by atomic mass is 32.2. The third-order valence-corrected chi connectivity index (χ3v) is 5.14. The minimum Gasteiger partial charge on any atom is -0.352 e. The van der Waals surface area contributed by atoms with Gasteiger partial charge in [-0.05, 0) is 23.8 Å². The van der Waals surface area contributed by atoms with Crippen molar-refractivity contribution in [3.63, 3.8) is 0 Å². The van der Waals surface area contributed by atoms with Crippen LogP contribution in [0, 0.1) is 0 Å². The molecule has 1 fully saturated rings. The first kappa shape index (κ1) is 16.1. The number of nitrogens with zero attached hydrogens (tertiary/aromatic N) is 1. The van der Waals surface area contributed by atoms with Gasteiger partial charge in [-0.15, -0.1) is 11.8 Å². The Morgan fingerprint density at radius 3 is 2.65 bits per heavy atom. The highest BCUT2D eigenvalue weighted by molar-refractivity contribution is 8.03. The van der Waals surface area contributed by atoms with Crippen LogP contribution < -0.4 is 5.32 Å². The maximum absolute atomic E-state index is 12.4. The molecule has 5 heteroatoms. The summed E-state index contributed by atoms with van der Waals surface area (Å²) in [5.74, 6) is 0.335. The molecule has 1 aliphatic carbocycles. The molecular formula is C18H22N2O2S. The summed E-state index contributed by atoms with van der Waals surface area (Å²) in [6, 6.07) is 10.0. The second kappa shape index (κ2) is 7.68. The van der Waals surface area contributed by atoms with Gasteiger partial charge in [0.2, 0.25) is 11.8 Å². The van der Waals surface area contributed by atoms with Gasteiger partial charge in [-0.2, -0.15) is 0 Å². The van der Waals surface area contributed by atoms with Crippen molar-refractivity contribution in [2.75, 3.05) is 12.3 Å². The maximum Gasteiger partial charge on any atom is 0.240 e. The Bertz CT molecular complexity index is 594. The summed E-state index contributed by atoms with van der Waals surface area (Å²) in [4.78, 5) is 26.3. The Morgan fingerprint density at radius 2 is 1.91 bits per heavy atom. The van der Waals surface area contributed by atoms with Crippen LogP contribution in [0.15, 0.2) is 35.7 Å². The van der Waals surface area contributed by atoms with E-state index in [1.165, 1.54) is 31.0 Å². The van der Waals surface area contributed by atoms with E-state index in [1.54, 1.807) is 4.90 Å². The van der Waals surface area contributed by atoms with Crippen LogP contribution in [0.1, 0.15) is 37.7 Å². The maximum atomic E-state index is 12.4. The lowest BCUT2D eigenvalue weighted by Crippen LogP contribution is -2.45. The number of hydrogen-bond acceptors (Lipinski definition) is 3. The van der Waals surface area contributed by atoms with Gasteiger partial charge in [0.25, 0.3) is 0 Å². The highest BCUT2D eigenvalue weighted by Gasteiger charge is 2.26. The number of nitrogens with one attached hydrogen (secondary N) is 1. The van der Waals surface area contributed by atoms with E-state index in [0.29, 0.717) is 5.75 Å². The molecule has 0 radical (unpaired) electrons. The van der Waals surface area contributed by atoms with Crippen molar-refractivity contribution < 1.29 is 9.59 Å². The number of carbonyl (C=O) groups excluding carboxylic acids is 2. The first-order valence-corrected chi connectivity index (χ1v) is 9.26. The summed E-state index contributed by atoms with van der Waals surface area (Å²) in [6.45, 7) is 0.108. The van der Waals surface area contributed by atoms with E-state index in [-0.39, 0.29) is 24.4 Å². The van der Waals surface area contributed by atoms with Crippen molar-refractivity contribution in [3.8, 4) is 0 Å². The number of thioether (sulfide) groups is 1. The summed E-state index contributed by atoms with van der Waals surface area (Å²) < 4.78 is 0. The number of rotatable bonds is 4. The van der Waals surface area contributed by atoms with Gasteiger partial charge in [-0.1, -0.05) is 49.6 Å². The van der Waals surface area contributed by atoms with Crippen molar-refractivity contribution in [2.45, 2.75) is 38.1 Å². The first-order valence-electron chi connectivity index (χ1n) is 8.21. The topological polar surface area (TPSA) is 49.4 Å². The Hall–Kier alpha value is -1.75. The number of carbonyl (C=O) groups is 2. The lowest BCUT2D eigenvalue weighted by Gasteiger charge is -2.29. The molecule has 1 aliphatic heterocycles. The lowest BCUT2D eigenvalue weighted by molar-refractivity contribution is -0.131.